The fourth-order valence-electron chi connectivity index (χ4n) is 3.75. The van der Waals surface area contributed by atoms with E-state index in [-0.39, 0.29) is 11.7 Å². The second-order valence-corrected chi connectivity index (χ2v) is 7.12. The Bertz CT molecular complexity index is 839. The minimum absolute atomic E-state index is 0.0865. The minimum Gasteiger partial charge on any atom is -0.459 e. The van der Waals surface area contributed by atoms with Gasteiger partial charge in [0.25, 0.3) is 5.91 Å². The van der Waals surface area contributed by atoms with Crippen molar-refractivity contribution in [3.63, 3.8) is 0 Å². The molecule has 7 nitrogen and oxygen atoms in total. The molecule has 26 heavy (non-hydrogen) atoms. The van der Waals surface area contributed by atoms with Crippen LogP contribution in [0.15, 0.2) is 22.8 Å². The van der Waals surface area contributed by atoms with Crippen LogP contribution in [0.5, 0.6) is 0 Å². The van der Waals surface area contributed by atoms with Gasteiger partial charge in [-0.05, 0) is 31.4 Å². The Balaban J connectivity index is 1.50. The molecule has 2 aromatic heterocycles. The number of rotatable bonds is 2. The molecule has 2 aromatic rings. The van der Waals surface area contributed by atoms with Gasteiger partial charge in [0.05, 0.1) is 23.2 Å². The second-order valence-electron chi connectivity index (χ2n) is 7.12. The van der Waals surface area contributed by atoms with Gasteiger partial charge < -0.3 is 14.2 Å². The number of ketones is 1. The van der Waals surface area contributed by atoms with Crippen molar-refractivity contribution >= 4 is 17.6 Å². The molecule has 1 aliphatic heterocycles. The van der Waals surface area contributed by atoms with E-state index in [1.54, 1.807) is 17.0 Å². The summed E-state index contributed by atoms with van der Waals surface area (Å²) in [6.45, 7) is 6.47. The molecule has 1 fully saturated rings. The first-order chi connectivity index (χ1) is 12.5. The molecule has 136 valence electrons. The van der Waals surface area contributed by atoms with E-state index in [0.29, 0.717) is 55.8 Å². The molecular formula is C19H22N4O3. The van der Waals surface area contributed by atoms with Crippen LogP contribution in [-0.4, -0.2) is 52.7 Å². The third kappa shape index (κ3) is 2.98. The van der Waals surface area contributed by atoms with Crippen molar-refractivity contribution in [2.45, 2.75) is 26.7 Å². The Morgan fingerprint density at radius 1 is 1.19 bits per heavy atom. The monoisotopic (exact) mass is 354 g/mol. The van der Waals surface area contributed by atoms with Crippen molar-refractivity contribution in [1.82, 2.24) is 14.9 Å². The highest BCUT2D eigenvalue weighted by Crippen LogP contribution is 2.27. The predicted octanol–water partition coefficient (Wildman–Crippen LogP) is 2.11. The molecule has 0 aromatic carbocycles. The quantitative estimate of drug-likeness (QED) is 0.822. The molecular weight excluding hydrogens is 332 g/mol. The van der Waals surface area contributed by atoms with Crippen LogP contribution in [0.4, 0.5) is 5.95 Å². The van der Waals surface area contributed by atoms with Crippen LogP contribution in [0, 0.1) is 12.8 Å². The van der Waals surface area contributed by atoms with Gasteiger partial charge in [-0.3, -0.25) is 9.59 Å². The van der Waals surface area contributed by atoms with Crippen LogP contribution in [0.25, 0.3) is 0 Å². The summed E-state index contributed by atoms with van der Waals surface area (Å²) >= 11 is 0. The largest absolute Gasteiger partial charge is 0.459 e. The molecule has 2 aliphatic rings. The highest BCUT2D eigenvalue weighted by molar-refractivity contribution is 5.99. The number of Topliss-reactive ketones (excluding diaryl/α,β-unsaturated/α-hetero) is 1. The molecule has 0 spiro atoms. The lowest BCUT2D eigenvalue weighted by molar-refractivity contribution is 0.0713. The zero-order valence-corrected chi connectivity index (χ0v) is 15.1. The summed E-state index contributed by atoms with van der Waals surface area (Å²) in [5.74, 6) is 1.41. The molecule has 1 saturated heterocycles. The maximum Gasteiger partial charge on any atom is 0.289 e. The zero-order valence-electron chi connectivity index (χ0n) is 15.1. The van der Waals surface area contributed by atoms with Crippen molar-refractivity contribution in [2.24, 2.45) is 5.92 Å². The third-order valence-corrected chi connectivity index (χ3v) is 5.09. The molecule has 3 heterocycles. The molecule has 0 bridgehead atoms. The lowest BCUT2D eigenvalue weighted by Gasteiger charge is -2.35. The molecule has 0 unspecified atom stereocenters. The summed E-state index contributed by atoms with van der Waals surface area (Å²) in [6, 6.07) is 3.40. The number of furan rings is 1. The number of piperazine rings is 1. The summed E-state index contributed by atoms with van der Waals surface area (Å²) in [5, 5.41) is 0. The van der Waals surface area contributed by atoms with Crippen LogP contribution < -0.4 is 4.90 Å². The van der Waals surface area contributed by atoms with Gasteiger partial charge in [-0.1, -0.05) is 6.92 Å². The fourth-order valence-corrected chi connectivity index (χ4v) is 3.75. The van der Waals surface area contributed by atoms with Crippen LogP contribution in [0.3, 0.4) is 0 Å². The number of anilines is 1. The molecule has 7 heteroatoms. The number of hydrogen-bond acceptors (Lipinski definition) is 6. The average molecular weight is 354 g/mol. The lowest BCUT2D eigenvalue weighted by atomic mass is 9.86. The standard InChI is InChI=1S/C19H22N4O3/c1-12-10-14-17(15(24)11-12)13(2)20-19(21-14)23-7-5-22(6-8-23)18(25)16-4-3-9-26-16/h3-4,9,12H,5-8,10-11H2,1-2H3/t12-/m0/s1. The van der Waals surface area contributed by atoms with Gasteiger partial charge in [0.15, 0.2) is 11.5 Å². The molecule has 0 N–H and O–H groups in total. The van der Waals surface area contributed by atoms with Crippen LogP contribution in [0.1, 0.15) is 45.6 Å². The molecule has 0 radical (unpaired) electrons. The van der Waals surface area contributed by atoms with E-state index in [2.05, 4.69) is 16.8 Å². The Hall–Kier alpha value is -2.70. The number of aromatic nitrogens is 2. The smallest absolute Gasteiger partial charge is 0.289 e. The summed E-state index contributed by atoms with van der Waals surface area (Å²) in [7, 11) is 0. The molecule has 0 saturated carbocycles. The van der Waals surface area contributed by atoms with Gasteiger partial charge in [0.2, 0.25) is 5.95 Å². The van der Waals surface area contributed by atoms with E-state index in [4.69, 9.17) is 9.40 Å². The molecule has 1 amide bonds. The van der Waals surface area contributed by atoms with Crippen LogP contribution >= 0.6 is 0 Å². The van der Waals surface area contributed by atoms with Crippen LogP contribution in [-0.2, 0) is 6.42 Å². The first-order valence-electron chi connectivity index (χ1n) is 9.01. The zero-order chi connectivity index (χ0) is 18.3. The highest BCUT2D eigenvalue weighted by Gasteiger charge is 2.29. The predicted molar refractivity (Wildman–Crippen MR) is 95.4 cm³/mol. The molecule has 4 rings (SSSR count). The van der Waals surface area contributed by atoms with Gasteiger partial charge in [0, 0.05) is 32.6 Å². The number of nitrogens with zero attached hydrogens (tertiary/aromatic N) is 4. The minimum atomic E-state index is -0.0865. The van der Waals surface area contributed by atoms with E-state index >= 15 is 0 Å². The maximum absolute atomic E-state index is 12.4. The van der Waals surface area contributed by atoms with E-state index in [9.17, 15) is 9.59 Å². The first-order valence-corrected chi connectivity index (χ1v) is 9.01. The Kier molecular flexibility index (Phi) is 4.22. The van der Waals surface area contributed by atoms with Gasteiger partial charge in [-0.25, -0.2) is 9.97 Å². The molecule has 1 aliphatic carbocycles. The van der Waals surface area contributed by atoms with Crippen molar-refractivity contribution in [3.05, 3.63) is 41.1 Å². The summed E-state index contributed by atoms with van der Waals surface area (Å²) in [5.41, 5.74) is 2.33. The summed E-state index contributed by atoms with van der Waals surface area (Å²) < 4.78 is 5.20. The van der Waals surface area contributed by atoms with Gasteiger partial charge >= 0.3 is 0 Å². The van der Waals surface area contributed by atoms with Gasteiger partial charge in [-0.2, -0.15) is 0 Å². The lowest BCUT2D eigenvalue weighted by Crippen LogP contribution is -2.49. The topological polar surface area (TPSA) is 79.5 Å². The summed E-state index contributed by atoms with van der Waals surface area (Å²) in [4.78, 5) is 37.8. The SMILES string of the molecule is Cc1nc(N2CCN(C(=O)c3ccco3)CC2)nc2c1C(=O)C[C@@H](C)C2. The molecule has 1 atom stereocenters. The normalized spacial score (nSPS) is 20.2. The number of aryl methyl sites for hydroxylation is 1. The third-order valence-electron chi connectivity index (χ3n) is 5.09. The average Bonchev–Trinajstić information content (AvgIpc) is 3.15. The number of carbonyl (C=O) groups is 2. The van der Waals surface area contributed by atoms with E-state index in [1.165, 1.54) is 6.26 Å². The number of hydrogen-bond donors (Lipinski definition) is 0. The Labute approximate surface area is 152 Å². The van der Waals surface area contributed by atoms with Gasteiger partial charge in [0.1, 0.15) is 0 Å². The maximum atomic E-state index is 12.4. The van der Waals surface area contributed by atoms with Crippen molar-refractivity contribution in [3.8, 4) is 0 Å². The summed E-state index contributed by atoms with van der Waals surface area (Å²) in [6.07, 6.45) is 2.90. The second kappa shape index (κ2) is 6.55. The van der Waals surface area contributed by atoms with Crippen molar-refractivity contribution < 1.29 is 14.0 Å². The van der Waals surface area contributed by atoms with Gasteiger partial charge in [-0.15, -0.1) is 0 Å². The number of amides is 1. The fraction of sp³-hybridized carbons (Fsp3) is 0.474. The number of fused-ring (bicyclic) bond motifs is 1. The first kappa shape index (κ1) is 16.8. The number of carbonyl (C=O) groups excluding carboxylic acids is 2. The van der Waals surface area contributed by atoms with Crippen molar-refractivity contribution in [1.29, 1.82) is 0 Å². The highest BCUT2D eigenvalue weighted by atomic mass is 16.3. The van der Waals surface area contributed by atoms with Crippen molar-refractivity contribution in [2.75, 3.05) is 31.1 Å². The Morgan fingerprint density at radius 3 is 2.65 bits per heavy atom. The van der Waals surface area contributed by atoms with Crippen LogP contribution in [0.2, 0.25) is 0 Å². The van der Waals surface area contributed by atoms with E-state index < -0.39 is 0 Å². The van der Waals surface area contributed by atoms with E-state index in [0.717, 1.165) is 17.8 Å². The van der Waals surface area contributed by atoms with E-state index in [1.807, 2.05) is 6.92 Å². The Morgan fingerprint density at radius 2 is 1.96 bits per heavy atom.